The van der Waals surface area contributed by atoms with E-state index in [0.29, 0.717) is 18.7 Å². The Kier molecular flexibility index (Phi) is 5.60. The molecule has 2 rings (SSSR count). The number of ether oxygens (including phenoxy) is 1. The quantitative estimate of drug-likeness (QED) is 0.779. The Bertz CT molecular complexity index is 290. The molecule has 1 amide bonds. The van der Waals surface area contributed by atoms with Crippen molar-refractivity contribution in [2.75, 3.05) is 26.3 Å². The van der Waals surface area contributed by atoms with Crippen molar-refractivity contribution in [2.24, 2.45) is 5.73 Å². The number of carbonyl (C=O) groups excluding carboxylic acids is 1. The summed E-state index contributed by atoms with van der Waals surface area (Å²) in [6, 6.07) is 0.741. The van der Waals surface area contributed by atoms with Gasteiger partial charge in [0.1, 0.15) is 6.04 Å². The summed E-state index contributed by atoms with van der Waals surface area (Å²) in [6.45, 7) is 4.94. The van der Waals surface area contributed by atoms with Crippen LogP contribution in [0.3, 0.4) is 0 Å². The molecule has 0 spiro atoms. The van der Waals surface area contributed by atoms with Gasteiger partial charge in [0.25, 0.3) is 0 Å². The van der Waals surface area contributed by atoms with Crippen LogP contribution < -0.4 is 11.1 Å². The lowest BCUT2D eigenvalue weighted by molar-refractivity contribution is -0.135. The summed E-state index contributed by atoms with van der Waals surface area (Å²) in [5, 5.41) is 2.99. The highest BCUT2D eigenvalue weighted by Gasteiger charge is 2.35. The molecule has 1 heterocycles. The molecular weight excluding hydrogens is 242 g/mol. The Morgan fingerprint density at radius 2 is 2.11 bits per heavy atom. The molecule has 0 aromatic heterocycles. The third-order valence-electron chi connectivity index (χ3n) is 4.23. The van der Waals surface area contributed by atoms with Crippen LogP contribution in [0.4, 0.5) is 0 Å². The maximum atomic E-state index is 12.2. The van der Waals surface area contributed by atoms with Gasteiger partial charge in [-0.15, -0.1) is 0 Å². The molecular formula is C14H27N3O2. The lowest BCUT2D eigenvalue weighted by Crippen LogP contribution is -2.58. The van der Waals surface area contributed by atoms with Gasteiger partial charge < -0.3 is 15.8 Å². The van der Waals surface area contributed by atoms with E-state index in [4.69, 9.17) is 10.5 Å². The van der Waals surface area contributed by atoms with Crippen LogP contribution in [0.5, 0.6) is 0 Å². The SMILES string of the molecule is CCCNC(=O)C1COCCN1C1CCC(N)CC1. The van der Waals surface area contributed by atoms with Crippen LogP contribution in [0.25, 0.3) is 0 Å². The summed E-state index contributed by atoms with van der Waals surface area (Å²) in [7, 11) is 0. The highest BCUT2D eigenvalue weighted by Crippen LogP contribution is 2.25. The van der Waals surface area contributed by atoms with Gasteiger partial charge in [-0.25, -0.2) is 0 Å². The molecule has 1 unspecified atom stereocenters. The summed E-state index contributed by atoms with van der Waals surface area (Å²) in [5.41, 5.74) is 5.96. The predicted octanol–water partition coefficient (Wildman–Crippen LogP) is 0.483. The average molecular weight is 269 g/mol. The van der Waals surface area contributed by atoms with Crippen molar-refractivity contribution in [2.45, 2.75) is 57.2 Å². The molecule has 1 aliphatic heterocycles. The maximum Gasteiger partial charge on any atom is 0.239 e. The highest BCUT2D eigenvalue weighted by molar-refractivity contribution is 5.82. The van der Waals surface area contributed by atoms with Crippen molar-refractivity contribution >= 4 is 5.91 Å². The topological polar surface area (TPSA) is 67.6 Å². The van der Waals surface area contributed by atoms with Crippen LogP contribution >= 0.6 is 0 Å². The van der Waals surface area contributed by atoms with Crippen molar-refractivity contribution in [1.29, 1.82) is 0 Å². The van der Waals surface area contributed by atoms with Crippen LogP contribution in [0.1, 0.15) is 39.0 Å². The third kappa shape index (κ3) is 3.91. The lowest BCUT2D eigenvalue weighted by Gasteiger charge is -2.42. The molecule has 1 saturated heterocycles. The smallest absolute Gasteiger partial charge is 0.239 e. The Labute approximate surface area is 115 Å². The number of nitrogens with one attached hydrogen (secondary N) is 1. The molecule has 0 aromatic rings. The van der Waals surface area contributed by atoms with Gasteiger partial charge in [-0.2, -0.15) is 0 Å². The van der Waals surface area contributed by atoms with Gasteiger partial charge in [-0.3, -0.25) is 9.69 Å². The molecule has 1 atom stereocenters. The van der Waals surface area contributed by atoms with E-state index in [-0.39, 0.29) is 11.9 Å². The van der Waals surface area contributed by atoms with Crippen LogP contribution in [-0.2, 0) is 9.53 Å². The molecule has 110 valence electrons. The van der Waals surface area contributed by atoms with E-state index in [1.54, 1.807) is 0 Å². The van der Waals surface area contributed by atoms with Crippen LogP contribution in [-0.4, -0.2) is 55.2 Å². The fraction of sp³-hybridized carbons (Fsp3) is 0.929. The van der Waals surface area contributed by atoms with Crippen LogP contribution in [0.2, 0.25) is 0 Å². The normalized spacial score (nSPS) is 33.1. The largest absolute Gasteiger partial charge is 0.378 e. The van der Waals surface area contributed by atoms with E-state index >= 15 is 0 Å². The molecule has 5 nitrogen and oxygen atoms in total. The summed E-state index contributed by atoms with van der Waals surface area (Å²) < 4.78 is 5.50. The minimum atomic E-state index is -0.111. The number of nitrogens with zero attached hydrogens (tertiary/aromatic N) is 1. The van der Waals surface area contributed by atoms with E-state index < -0.39 is 0 Å². The fourth-order valence-corrected chi connectivity index (χ4v) is 3.08. The molecule has 5 heteroatoms. The summed E-state index contributed by atoms with van der Waals surface area (Å²) >= 11 is 0. The fourth-order valence-electron chi connectivity index (χ4n) is 3.08. The minimum absolute atomic E-state index is 0.111. The predicted molar refractivity (Wildman–Crippen MR) is 74.8 cm³/mol. The first kappa shape index (κ1) is 14.8. The van der Waals surface area contributed by atoms with Crippen LogP contribution in [0.15, 0.2) is 0 Å². The number of carbonyl (C=O) groups is 1. The van der Waals surface area contributed by atoms with E-state index in [9.17, 15) is 4.79 Å². The van der Waals surface area contributed by atoms with Crippen LogP contribution in [0, 0.1) is 0 Å². The molecule has 1 saturated carbocycles. The molecule has 2 fully saturated rings. The van der Waals surface area contributed by atoms with E-state index in [1.807, 2.05) is 0 Å². The number of rotatable bonds is 4. The monoisotopic (exact) mass is 269 g/mol. The second-order valence-electron chi connectivity index (χ2n) is 5.69. The van der Waals surface area contributed by atoms with Crippen molar-refractivity contribution in [3.63, 3.8) is 0 Å². The second kappa shape index (κ2) is 7.22. The number of hydrogen-bond donors (Lipinski definition) is 2. The van der Waals surface area contributed by atoms with Gasteiger partial charge in [0.05, 0.1) is 13.2 Å². The summed E-state index contributed by atoms with van der Waals surface area (Å²) in [6.07, 6.45) is 5.34. The highest BCUT2D eigenvalue weighted by atomic mass is 16.5. The Hall–Kier alpha value is -0.650. The molecule has 0 aromatic carbocycles. The molecule has 19 heavy (non-hydrogen) atoms. The number of hydrogen-bond acceptors (Lipinski definition) is 4. The lowest BCUT2D eigenvalue weighted by atomic mass is 9.89. The first-order valence-corrected chi connectivity index (χ1v) is 7.59. The summed E-state index contributed by atoms with van der Waals surface area (Å²) in [4.78, 5) is 14.6. The third-order valence-corrected chi connectivity index (χ3v) is 4.23. The van der Waals surface area contributed by atoms with E-state index in [2.05, 4.69) is 17.1 Å². The zero-order valence-corrected chi connectivity index (χ0v) is 11.9. The van der Waals surface area contributed by atoms with Gasteiger partial charge >= 0.3 is 0 Å². The number of morpholine rings is 1. The Balaban J connectivity index is 1.93. The Morgan fingerprint density at radius 1 is 1.37 bits per heavy atom. The number of nitrogens with two attached hydrogens (primary N) is 1. The van der Waals surface area contributed by atoms with Gasteiger partial charge in [0, 0.05) is 25.2 Å². The Morgan fingerprint density at radius 3 is 2.79 bits per heavy atom. The first-order valence-electron chi connectivity index (χ1n) is 7.59. The zero-order chi connectivity index (χ0) is 13.7. The summed E-state index contributed by atoms with van der Waals surface area (Å²) in [5.74, 6) is 0.122. The van der Waals surface area contributed by atoms with Gasteiger partial charge in [0.2, 0.25) is 5.91 Å². The first-order chi connectivity index (χ1) is 9.22. The minimum Gasteiger partial charge on any atom is -0.378 e. The van der Waals surface area contributed by atoms with Gasteiger partial charge in [0.15, 0.2) is 0 Å². The zero-order valence-electron chi connectivity index (χ0n) is 11.9. The molecule has 0 bridgehead atoms. The molecule has 2 aliphatic rings. The molecule has 3 N–H and O–H groups in total. The van der Waals surface area contributed by atoms with E-state index in [0.717, 1.165) is 51.8 Å². The molecule has 0 radical (unpaired) electrons. The van der Waals surface area contributed by atoms with Crippen molar-refractivity contribution < 1.29 is 9.53 Å². The average Bonchev–Trinajstić information content (AvgIpc) is 2.45. The van der Waals surface area contributed by atoms with Gasteiger partial charge in [-0.1, -0.05) is 6.92 Å². The van der Waals surface area contributed by atoms with Crippen molar-refractivity contribution in [3.05, 3.63) is 0 Å². The van der Waals surface area contributed by atoms with E-state index in [1.165, 1.54) is 0 Å². The van der Waals surface area contributed by atoms with Crippen molar-refractivity contribution in [3.8, 4) is 0 Å². The van der Waals surface area contributed by atoms with Crippen molar-refractivity contribution in [1.82, 2.24) is 10.2 Å². The van der Waals surface area contributed by atoms with Gasteiger partial charge in [-0.05, 0) is 32.1 Å². The number of amides is 1. The maximum absolute atomic E-state index is 12.2. The molecule has 1 aliphatic carbocycles. The second-order valence-corrected chi connectivity index (χ2v) is 5.69. The standard InChI is InChI=1S/C14H27N3O2/c1-2-7-16-14(18)13-10-19-9-8-17(13)12-5-3-11(15)4-6-12/h11-13H,2-10,15H2,1H3,(H,16,18).